The van der Waals surface area contributed by atoms with Crippen molar-refractivity contribution in [3.63, 3.8) is 0 Å². The molecule has 2 aromatic carbocycles. The molecule has 182 valence electrons. The molecule has 2 aliphatic heterocycles. The molecule has 5 rings (SSSR count). The molecule has 7 nitrogen and oxygen atoms in total. The van der Waals surface area contributed by atoms with E-state index in [-0.39, 0.29) is 11.8 Å². The number of ether oxygens (including phenoxy) is 1. The molecule has 0 saturated carbocycles. The molecule has 4 bridgehead atoms. The summed E-state index contributed by atoms with van der Waals surface area (Å²) in [5.41, 5.74) is 2.24. The fourth-order valence-electron chi connectivity index (χ4n) is 5.21. The van der Waals surface area contributed by atoms with E-state index < -0.39 is 5.41 Å². The third-order valence-corrected chi connectivity index (χ3v) is 7.13. The molecule has 7 heteroatoms. The van der Waals surface area contributed by atoms with E-state index in [1.807, 2.05) is 41.3 Å². The molecule has 3 heterocycles. The molecule has 1 fully saturated rings. The van der Waals surface area contributed by atoms with Crippen molar-refractivity contribution in [1.29, 1.82) is 0 Å². The lowest BCUT2D eigenvalue weighted by atomic mass is 9.72. The summed E-state index contributed by atoms with van der Waals surface area (Å²) in [6.45, 7) is 4.44. The molecule has 1 spiro atoms. The number of hydrogen-bond acceptors (Lipinski definition) is 4. The van der Waals surface area contributed by atoms with Crippen LogP contribution in [0.1, 0.15) is 47.8 Å². The third-order valence-electron chi connectivity index (χ3n) is 7.13. The number of hydrogen-bond donors (Lipinski definition) is 1. The van der Waals surface area contributed by atoms with Gasteiger partial charge < -0.3 is 15.0 Å². The number of fused-ring (bicyclic) bond motifs is 4. The topological polar surface area (TPSA) is 76.5 Å². The first-order valence-electron chi connectivity index (χ1n) is 12.5. The van der Waals surface area contributed by atoms with Crippen LogP contribution in [0.3, 0.4) is 0 Å². The van der Waals surface area contributed by atoms with Gasteiger partial charge in [-0.05, 0) is 73.6 Å². The number of carbonyl (C=O) groups is 2. The monoisotopic (exact) mass is 472 g/mol. The minimum atomic E-state index is -0.564. The summed E-state index contributed by atoms with van der Waals surface area (Å²) >= 11 is 0. The van der Waals surface area contributed by atoms with Crippen molar-refractivity contribution >= 4 is 11.8 Å². The Morgan fingerprint density at radius 3 is 2.51 bits per heavy atom. The highest BCUT2D eigenvalue weighted by Gasteiger charge is 2.42. The standard InChI is InChI=1S/C28H32N4O3/c1-2-15-32-25(10-14-30-32)26(33)31-16-11-28(12-17-31)20-22-6-4-8-24(19-22)35-23-7-3-5-21(18-23)9-13-29-27(28)34/h3-8,10,14,18-19H,2,9,11-13,15-17,20H2,1H3,(H,29,34). The Labute approximate surface area is 206 Å². The molecule has 2 aliphatic rings. The minimum Gasteiger partial charge on any atom is -0.457 e. The van der Waals surface area contributed by atoms with E-state index in [0.717, 1.165) is 42.0 Å². The number of rotatable bonds is 3. The van der Waals surface area contributed by atoms with Crippen molar-refractivity contribution in [1.82, 2.24) is 20.0 Å². The second kappa shape index (κ2) is 9.94. The SMILES string of the molecule is CCCn1nccc1C(=O)N1CCC2(CC1)Cc1cccc(c1)Oc1cccc(c1)CCNC2=O. The van der Waals surface area contributed by atoms with Crippen LogP contribution in [0, 0.1) is 5.41 Å². The maximum absolute atomic E-state index is 13.6. The zero-order chi connectivity index (χ0) is 24.3. The highest BCUT2D eigenvalue weighted by Crippen LogP contribution is 2.37. The second-order valence-electron chi connectivity index (χ2n) is 9.59. The minimum absolute atomic E-state index is 0.00878. The van der Waals surface area contributed by atoms with Gasteiger partial charge in [0.05, 0.1) is 5.41 Å². The van der Waals surface area contributed by atoms with Gasteiger partial charge in [-0.15, -0.1) is 0 Å². The second-order valence-corrected chi connectivity index (χ2v) is 9.59. The van der Waals surface area contributed by atoms with Gasteiger partial charge in [-0.3, -0.25) is 14.3 Å². The largest absolute Gasteiger partial charge is 0.457 e. The van der Waals surface area contributed by atoms with E-state index in [9.17, 15) is 9.59 Å². The van der Waals surface area contributed by atoms with Crippen LogP contribution in [0.5, 0.6) is 11.5 Å². The smallest absolute Gasteiger partial charge is 0.272 e. The molecule has 1 N–H and O–H groups in total. The van der Waals surface area contributed by atoms with Crippen LogP contribution < -0.4 is 10.1 Å². The molecule has 35 heavy (non-hydrogen) atoms. The van der Waals surface area contributed by atoms with E-state index in [0.29, 0.717) is 44.6 Å². The summed E-state index contributed by atoms with van der Waals surface area (Å²) in [6, 6.07) is 17.8. The molecule has 0 atom stereocenters. The van der Waals surface area contributed by atoms with Crippen LogP contribution in [0.4, 0.5) is 0 Å². The quantitative estimate of drug-likeness (QED) is 0.619. The van der Waals surface area contributed by atoms with E-state index >= 15 is 0 Å². The van der Waals surface area contributed by atoms with Gasteiger partial charge in [0, 0.05) is 32.4 Å². The zero-order valence-electron chi connectivity index (χ0n) is 20.2. The number of nitrogens with zero attached hydrogens (tertiary/aromatic N) is 3. The van der Waals surface area contributed by atoms with Gasteiger partial charge in [-0.2, -0.15) is 5.10 Å². The van der Waals surface area contributed by atoms with E-state index in [2.05, 4.69) is 29.5 Å². The lowest BCUT2D eigenvalue weighted by Gasteiger charge is -2.41. The predicted molar refractivity (Wildman–Crippen MR) is 133 cm³/mol. The number of piperidine rings is 1. The van der Waals surface area contributed by atoms with Gasteiger partial charge in [0.1, 0.15) is 17.2 Å². The lowest BCUT2D eigenvalue weighted by molar-refractivity contribution is -0.133. The van der Waals surface area contributed by atoms with Crippen LogP contribution in [0.15, 0.2) is 60.8 Å². The van der Waals surface area contributed by atoms with Crippen LogP contribution in [0.2, 0.25) is 0 Å². The Hall–Kier alpha value is -3.61. The molecule has 2 amide bonds. The molecule has 0 radical (unpaired) electrons. The Morgan fingerprint density at radius 1 is 1.06 bits per heavy atom. The van der Waals surface area contributed by atoms with E-state index in [4.69, 9.17) is 4.74 Å². The number of aromatic nitrogens is 2. The fraction of sp³-hybridized carbons (Fsp3) is 0.393. The van der Waals surface area contributed by atoms with Crippen LogP contribution in [0.25, 0.3) is 0 Å². The summed E-state index contributed by atoms with van der Waals surface area (Å²) in [6.07, 6.45) is 5.18. The van der Waals surface area contributed by atoms with Crippen LogP contribution >= 0.6 is 0 Å². The summed E-state index contributed by atoms with van der Waals surface area (Å²) in [4.78, 5) is 28.7. The molecular weight excluding hydrogens is 440 g/mol. The fourth-order valence-corrected chi connectivity index (χ4v) is 5.21. The first-order valence-corrected chi connectivity index (χ1v) is 12.5. The van der Waals surface area contributed by atoms with Crippen LogP contribution in [-0.2, 0) is 24.2 Å². The van der Waals surface area contributed by atoms with Crippen molar-refractivity contribution in [3.05, 3.63) is 77.6 Å². The third kappa shape index (κ3) is 4.94. The molecular formula is C28H32N4O3. The van der Waals surface area contributed by atoms with Crippen molar-refractivity contribution in [2.75, 3.05) is 19.6 Å². The van der Waals surface area contributed by atoms with Gasteiger partial charge >= 0.3 is 0 Å². The van der Waals surface area contributed by atoms with Gasteiger partial charge in [0.25, 0.3) is 5.91 Å². The number of nitrogens with one attached hydrogen (secondary N) is 1. The average molecular weight is 473 g/mol. The molecule has 1 aromatic heterocycles. The number of likely N-dealkylation sites (tertiary alicyclic amines) is 1. The number of benzene rings is 2. The van der Waals surface area contributed by atoms with E-state index in [1.54, 1.807) is 16.9 Å². The van der Waals surface area contributed by atoms with Crippen molar-refractivity contribution in [2.45, 2.75) is 45.6 Å². The lowest BCUT2D eigenvalue weighted by Crippen LogP contribution is -2.51. The van der Waals surface area contributed by atoms with Gasteiger partial charge in [0.15, 0.2) is 0 Å². The molecule has 0 aliphatic carbocycles. The van der Waals surface area contributed by atoms with E-state index in [1.165, 1.54) is 0 Å². The molecule has 0 unspecified atom stereocenters. The maximum atomic E-state index is 13.6. The number of carbonyl (C=O) groups excluding carboxylic acids is 2. The normalized spacial score (nSPS) is 17.5. The highest BCUT2D eigenvalue weighted by molar-refractivity contribution is 5.93. The summed E-state index contributed by atoms with van der Waals surface area (Å²) in [5, 5.41) is 7.50. The Balaban J connectivity index is 1.37. The molecule has 3 aromatic rings. The van der Waals surface area contributed by atoms with Crippen molar-refractivity contribution < 1.29 is 14.3 Å². The van der Waals surface area contributed by atoms with Crippen LogP contribution in [-0.4, -0.2) is 46.1 Å². The predicted octanol–water partition coefficient (Wildman–Crippen LogP) is 4.22. The molecule has 1 saturated heterocycles. The number of amides is 2. The maximum Gasteiger partial charge on any atom is 0.272 e. The summed E-state index contributed by atoms with van der Waals surface area (Å²) < 4.78 is 7.91. The average Bonchev–Trinajstić information content (AvgIpc) is 3.32. The first-order chi connectivity index (χ1) is 17.1. The number of aryl methyl sites for hydroxylation is 1. The van der Waals surface area contributed by atoms with Crippen molar-refractivity contribution in [3.8, 4) is 11.5 Å². The van der Waals surface area contributed by atoms with Gasteiger partial charge in [0.2, 0.25) is 5.91 Å². The van der Waals surface area contributed by atoms with Gasteiger partial charge in [-0.25, -0.2) is 0 Å². The van der Waals surface area contributed by atoms with Crippen molar-refractivity contribution in [2.24, 2.45) is 5.41 Å². The Morgan fingerprint density at radius 2 is 1.77 bits per heavy atom. The van der Waals surface area contributed by atoms with Gasteiger partial charge in [-0.1, -0.05) is 31.2 Å². The summed E-state index contributed by atoms with van der Waals surface area (Å²) in [7, 11) is 0. The Kier molecular flexibility index (Phi) is 6.57. The highest BCUT2D eigenvalue weighted by atomic mass is 16.5. The zero-order valence-corrected chi connectivity index (χ0v) is 20.2. The first kappa shape index (κ1) is 23.1. The summed E-state index contributed by atoms with van der Waals surface area (Å²) in [5.74, 6) is 1.63. The Bertz CT molecular complexity index is 1210.